The molecule has 1 amide bonds. The lowest BCUT2D eigenvalue weighted by molar-refractivity contribution is -0.117. The first-order valence-electron chi connectivity index (χ1n) is 11.2. The highest BCUT2D eigenvalue weighted by Crippen LogP contribution is 2.16. The summed E-state index contributed by atoms with van der Waals surface area (Å²) < 4.78 is 33.0. The Hall–Kier alpha value is -2.75. The number of carbonyl (C=O) groups is 1. The van der Waals surface area contributed by atoms with Crippen molar-refractivity contribution < 1.29 is 17.9 Å². The van der Waals surface area contributed by atoms with Gasteiger partial charge < -0.3 is 10.1 Å². The molecule has 2 aromatic carbocycles. The number of aliphatic imine (C=N–C) groups is 1. The van der Waals surface area contributed by atoms with Gasteiger partial charge in [-0.15, -0.1) is 0 Å². The van der Waals surface area contributed by atoms with Gasteiger partial charge in [0.05, 0.1) is 18.0 Å². The first kappa shape index (κ1) is 24.9. The molecule has 0 unspecified atom stereocenters. The Bertz CT molecular complexity index is 1040. The third-order valence-corrected chi connectivity index (χ3v) is 6.69. The van der Waals surface area contributed by atoms with Crippen LogP contribution in [-0.2, 0) is 26.0 Å². The van der Waals surface area contributed by atoms with E-state index in [0.717, 1.165) is 25.8 Å². The number of nitrogens with one attached hydrogen (secondary N) is 2. The molecule has 0 aromatic heterocycles. The number of hydrogen-bond donors (Lipinski definition) is 2. The highest BCUT2D eigenvalue weighted by atomic mass is 32.2. The number of nitrogens with zero attached hydrogens (tertiary/aromatic N) is 2. The van der Waals surface area contributed by atoms with Crippen molar-refractivity contribution in [2.24, 2.45) is 4.99 Å². The minimum absolute atomic E-state index is 0.0917. The number of carbonyl (C=O) groups excluding carboxylic acids is 1. The molecule has 9 heteroatoms. The number of rotatable bonds is 12. The van der Waals surface area contributed by atoms with Crippen LogP contribution in [0.5, 0.6) is 0 Å². The number of anilines is 1. The Morgan fingerprint density at radius 3 is 2.67 bits per heavy atom. The molecule has 0 fully saturated rings. The maximum absolute atomic E-state index is 12.7. The van der Waals surface area contributed by atoms with Crippen LogP contribution in [0.1, 0.15) is 24.8 Å². The summed E-state index contributed by atoms with van der Waals surface area (Å²) >= 11 is 0. The average molecular weight is 473 g/mol. The summed E-state index contributed by atoms with van der Waals surface area (Å²) in [5.74, 6) is 0.280. The molecule has 8 nitrogen and oxygen atoms in total. The van der Waals surface area contributed by atoms with Gasteiger partial charge in [0.15, 0.2) is 0 Å². The Morgan fingerprint density at radius 1 is 1.12 bits per heavy atom. The van der Waals surface area contributed by atoms with E-state index in [1.165, 1.54) is 17.7 Å². The monoisotopic (exact) mass is 472 g/mol. The Balaban J connectivity index is 1.56. The summed E-state index contributed by atoms with van der Waals surface area (Å²) in [5, 5.41) is 2.82. The Kier molecular flexibility index (Phi) is 9.41. The Morgan fingerprint density at radius 2 is 1.94 bits per heavy atom. The summed E-state index contributed by atoms with van der Waals surface area (Å²) in [5.41, 5.74) is 1.70. The van der Waals surface area contributed by atoms with Crippen molar-refractivity contribution >= 4 is 27.5 Å². The van der Waals surface area contributed by atoms with Gasteiger partial charge in [-0.25, -0.2) is 8.42 Å². The van der Waals surface area contributed by atoms with Crippen molar-refractivity contribution in [3.63, 3.8) is 0 Å². The van der Waals surface area contributed by atoms with Gasteiger partial charge in [0.1, 0.15) is 5.84 Å². The van der Waals surface area contributed by atoms with Crippen molar-refractivity contribution in [2.45, 2.75) is 30.6 Å². The number of aryl methyl sites for hydroxylation is 1. The fourth-order valence-electron chi connectivity index (χ4n) is 3.62. The van der Waals surface area contributed by atoms with E-state index in [9.17, 15) is 13.2 Å². The highest BCUT2D eigenvalue weighted by Gasteiger charge is 2.19. The van der Waals surface area contributed by atoms with Crippen LogP contribution in [0, 0.1) is 0 Å². The van der Waals surface area contributed by atoms with Crippen LogP contribution in [0.3, 0.4) is 0 Å². The van der Waals surface area contributed by atoms with E-state index in [2.05, 4.69) is 27.2 Å². The van der Waals surface area contributed by atoms with Crippen molar-refractivity contribution in [2.75, 3.05) is 45.2 Å². The van der Waals surface area contributed by atoms with Gasteiger partial charge in [0, 0.05) is 32.3 Å². The second-order valence-corrected chi connectivity index (χ2v) is 9.65. The average Bonchev–Trinajstić information content (AvgIpc) is 3.30. The van der Waals surface area contributed by atoms with E-state index >= 15 is 0 Å². The zero-order chi connectivity index (χ0) is 23.5. The van der Waals surface area contributed by atoms with Crippen LogP contribution >= 0.6 is 0 Å². The van der Waals surface area contributed by atoms with Crippen molar-refractivity contribution in [3.05, 3.63) is 60.2 Å². The fraction of sp³-hybridized carbons (Fsp3) is 0.417. The third-order valence-electron chi connectivity index (χ3n) is 5.32. The lowest BCUT2D eigenvalue weighted by Crippen LogP contribution is -2.36. The van der Waals surface area contributed by atoms with E-state index in [-0.39, 0.29) is 17.3 Å². The number of methoxy groups -OCH3 is 1. The van der Waals surface area contributed by atoms with Crippen LogP contribution in [0.4, 0.5) is 5.69 Å². The summed E-state index contributed by atoms with van der Waals surface area (Å²) in [6, 6.07) is 16.5. The molecule has 1 aliphatic rings. The number of amides is 1. The molecular formula is C24H32N4O4S. The first-order valence-corrected chi connectivity index (χ1v) is 12.7. The summed E-state index contributed by atoms with van der Waals surface area (Å²) in [4.78, 5) is 19.0. The zero-order valence-electron chi connectivity index (χ0n) is 19.0. The molecule has 1 aliphatic heterocycles. The molecule has 2 aromatic rings. The lowest BCUT2D eigenvalue weighted by Gasteiger charge is -2.21. The normalized spacial score (nSPS) is 13.7. The van der Waals surface area contributed by atoms with Gasteiger partial charge in [-0.2, -0.15) is 0 Å². The molecule has 0 aliphatic carbocycles. The van der Waals surface area contributed by atoms with Gasteiger partial charge in [-0.3, -0.25) is 19.4 Å². The van der Waals surface area contributed by atoms with Crippen LogP contribution in [0.25, 0.3) is 0 Å². The van der Waals surface area contributed by atoms with Gasteiger partial charge in [0.2, 0.25) is 5.91 Å². The molecule has 0 radical (unpaired) electrons. The second kappa shape index (κ2) is 12.5. The molecule has 3 rings (SSSR count). The number of amidine groups is 1. The minimum atomic E-state index is -3.73. The molecule has 0 atom stereocenters. The quantitative estimate of drug-likeness (QED) is 0.495. The molecule has 0 bridgehead atoms. The molecule has 0 saturated heterocycles. The predicted molar refractivity (Wildman–Crippen MR) is 130 cm³/mol. The molecule has 2 N–H and O–H groups in total. The summed E-state index contributed by atoms with van der Waals surface area (Å²) in [6.07, 6.45) is 3.32. The fourth-order valence-corrected chi connectivity index (χ4v) is 4.76. The van der Waals surface area contributed by atoms with Gasteiger partial charge in [-0.1, -0.05) is 36.4 Å². The zero-order valence-corrected chi connectivity index (χ0v) is 19.8. The smallest absolute Gasteiger partial charge is 0.262 e. The molecule has 33 heavy (non-hydrogen) atoms. The van der Waals surface area contributed by atoms with Gasteiger partial charge in [-0.05, 0) is 49.6 Å². The van der Waals surface area contributed by atoms with Crippen molar-refractivity contribution in [3.8, 4) is 0 Å². The number of ether oxygens (including phenoxy) is 1. The Labute approximate surface area is 196 Å². The molecular weight excluding hydrogens is 440 g/mol. The maximum atomic E-state index is 12.7. The highest BCUT2D eigenvalue weighted by molar-refractivity contribution is 7.90. The van der Waals surface area contributed by atoms with E-state index < -0.39 is 10.0 Å². The van der Waals surface area contributed by atoms with E-state index in [1.54, 1.807) is 19.2 Å². The van der Waals surface area contributed by atoms with E-state index in [4.69, 9.17) is 4.74 Å². The van der Waals surface area contributed by atoms with E-state index in [1.807, 2.05) is 23.1 Å². The number of sulfonamides is 1. The van der Waals surface area contributed by atoms with Crippen LogP contribution in [0.15, 0.2) is 64.5 Å². The van der Waals surface area contributed by atoms with E-state index in [0.29, 0.717) is 37.6 Å². The number of benzene rings is 2. The van der Waals surface area contributed by atoms with Gasteiger partial charge >= 0.3 is 0 Å². The molecule has 178 valence electrons. The summed E-state index contributed by atoms with van der Waals surface area (Å²) in [6.45, 7) is 2.76. The second-order valence-electron chi connectivity index (χ2n) is 7.97. The molecule has 0 saturated carbocycles. The van der Waals surface area contributed by atoms with Crippen molar-refractivity contribution in [1.29, 1.82) is 0 Å². The lowest BCUT2D eigenvalue weighted by atomic mass is 10.1. The first-order chi connectivity index (χ1) is 16.0. The van der Waals surface area contributed by atoms with Crippen LogP contribution in [-0.4, -0.2) is 65.0 Å². The van der Waals surface area contributed by atoms with Gasteiger partial charge in [0.25, 0.3) is 10.0 Å². The predicted octanol–water partition coefficient (Wildman–Crippen LogP) is 2.68. The summed E-state index contributed by atoms with van der Waals surface area (Å²) in [7, 11) is -2.10. The molecule has 0 spiro atoms. The SMILES string of the molecule is COCCN(CCCc1ccccc1)CC(=O)Nc1cccc(S(=O)(=O)NC2=NCCC2)c1. The van der Waals surface area contributed by atoms with Crippen molar-refractivity contribution in [1.82, 2.24) is 9.62 Å². The largest absolute Gasteiger partial charge is 0.383 e. The minimum Gasteiger partial charge on any atom is -0.383 e. The topological polar surface area (TPSA) is 100 Å². The number of hydrogen-bond acceptors (Lipinski definition) is 6. The third kappa shape index (κ3) is 8.27. The maximum Gasteiger partial charge on any atom is 0.262 e. The standard InChI is InChI=1S/C24H32N4O4S/c1-32-17-16-28(15-7-10-20-8-3-2-4-9-20)19-24(29)26-21-11-5-12-22(18-21)33(30,31)27-23-13-6-14-25-23/h2-5,8-9,11-12,18H,6-7,10,13-17,19H2,1H3,(H,25,27)(H,26,29). The molecule has 1 heterocycles. The van der Waals surface area contributed by atoms with Crippen LogP contribution in [0.2, 0.25) is 0 Å². The van der Waals surface area contributed by atoms with Crippen LogP contribution < -0.4 is 10.0 Å².